The molecular weight excluding hydrogens is 262 g/mol. The van der Waals surface area contributed by atoms with Crippen molar-refractivity contribution in [2.75, 3.05) is 5.75 Å². The van der Waals surface area contributed by atoms with Gasteiger partial charge in [-0.1, -0.05) is 39.0 Å². The second kappa shape index (κ2) is 4.63. The summed E-state index contributed by atoms with van der Waals surface area (Å²) in [6, 6.07) is 6.69. The molecule has 104 valence electrons. The predicted molar refractivity (Wildman–Crippen MR) is 73.5 cm³/mol. The van der Waals surface area contributed by atoms with Gasteiger partial charge in [0.15, 0.2) is 9.84 Å². The van der Waals surface area contributed by atoms with Gasteiger partial charge >= 0.3 is 0 Å². The Morgan fingerprint density at radius 1 is 1.26 bits per heavy atom. The van der Waals surface area contributed by atoms with E-state index in [2.05, 4.69) is 5.32 Å². The normalized spacial score (nSPS) is 21.5. The van der Waals surface area contributed by atoms with Crippen molar-refractivity contribution >= 4 is 15.7 Å². The summed E-state index contributed by atoms with van der Waals surface area (Å²) in [4.78, 5) is 12.4. The molecule has 2 rings (SSSR count). The number of sulfone groups is 1. The van der Waals surface area contributed by atoms with Gasteiger partial charge < -0.3 is 5.32 Å². The molecule has 1 aromatic carbocycles. The third kappa shape index (κ3) is 2.81. The second-order valence-corrected chi connectivity index (χ2v) is 8.00. The molecule has 1 amide bonds. The molecule has 0 saturated carbocycles. The number of carbonyl (C=O) groups is 1. The number of benzene rings is 1. The van der Waals surface area contributed by atoms with Crippen molar-refractivity contribution in [3.8, 4) is 0 Å². The fourth-order valence-corrected chi connectivity index (χ4v) is 3.74. The van der Waals surface area contributed by atoms with E-state index in [1.807, 2.05) is 20.8 Å². The summed E-state index contributed by atoms with van der Waals surface area (Å²) in [7, 11) is -3.20. The third-order valence-corrected chi connectivity index (χ3v) is 5.11. The predicted octanol–water partition coefficient (Wildman–Crippen LogP) is 2.07. The van der Waals surface area contributed by atoms with Crippen LogP contribution in [0.3, 0.4) is 0 Å². The SMILES string of the molecule is CC(C)(C)C(=O)N[C@@H]1CCS(=O)(=O)c2ccccc21. The number of hydrogen-bond donors (Lipinski definition) is 1. The molecular formula is C14H19NO3S. The van der Waals surface area contributed by atoms with Crippen molar-refractivity contribution in [2.24, 2.45) is 5.41 Å². The van der Waals surface area contributed by atoms with E-state index in [0.717, 1.165) is 0 Å². The average molecular weight is 281 g/mol. The van der Waals surface area contributed by atoms with Crippen LogP contribution >= 0.6 is 0 Å². The molecule has 0 aromatic heterocycles. The lowest BCUT2D eigenvalue weighted by Gasteiger charge is -2.29. The highest BCUT2D eigenvalue weighted by Crippen LogP contribution is 2.32. The number of nitrogens with one attached hydrogen (secondary N) is 1. The molecule has 0 spiro atoms. The topological polar surface area (TPSA) is 63.2 Å². The van der Waals surface area contributed by atoms with Crippen LogP contribution in [0.2, 0.25) is 0 Å². The van der Waals surface area contributed by atoms with Crippen LogP contribution in [0.15, 0.2) is 29.2 Å². The van der Waals surface area contributed by atoms with Crippen LogP contribution in [0.1, 0.15) is 38.8 Å². The summed E-state index contributed by atoms with van der Waals surface area (Å²) < 4.78 is 24.0. The van der Waals surface area contributed by atoms with Crippen molar-refractivity contribution in [3.63, 3.8) is 0 Å². The molecule has 0 bridgehead atoms. The van der Waals surface area contributed by atoms with Gasteiger partial charge in [0.25, 0.3) is 0 Å². The molecule has 0 unspecified atom stereocenters. The summed E-state index contributed by atoms with van der Waals surface area (Å²) in [6.45, 7) is 5.52. The Hall–Kier alpha value is -1.36. The Balaban J connectivity index is 2.34. The maximum Gasteiger partial charge on any atom is 0.225 e. The Morgan fingerprint density at radius 3 is 2.53 bits per heavy atom. The lowest BCUT2D eigenvalue weighted by Crippen LogP contribution is -2.39. The zero-order valence-corrected chi connectivity index (χ0v) is 12.3. The summed E-state index contributed by atoms with van der Waals surface area (Å²) in [6.07, 6.45) is 0.432. The van der Waals surface area contributed by atoms with E-state index in [-0.39, 0.29) is 17.7 Å². The maximum absolute atomic E-state index is 12.0. The number of fused-ring (bicyclic) bond motifs is 1. The molecule has 4 nitrogen and oxygen atoms in total. The summed E-state index contributed by atoms with van der Waals surface area (Å²) >= 11 is 0. The minimum Gasteiger partial charge on any atom is -0.349 e. The zero-order valence-electron chi connectivity index (χ0n) is 11.4. The molecule has 0 saturated heterocycles. The summed E-state index contributed by atoms with van der Waals surface area (Å²) in [5.74, 6) is 0.0191. The Morgan fingerprint density at radius 2 is 1.89 bits per heavy atom. The van der Waals surface area contributed by atoms with Crippen molar-refractivity contribution < 1.29 is 13.2 Å². The van der Waals surface area contributed by atoms with Crippen LogP contribution in [-0.4, -0.2) is 20.1 Å². The Kier molecular flexibility index (Phi) is 3.43. The molecule has 1 N–H and O–H groups in total. The van der Waals surface area contributed by atoms with E-state index in [1.54, 1.807) is 24.3 Å². The van der Waals surface area contributed by atoms with Crippen LogP contribution in [0.5, 0.6) is 0 Å². The Labute approximate surface area is 114 Å². The fourth-order valence-electron chi connectivity index (χ4n) is 2.11. The van der Waals surface area contributed by atoms with Crippen LogP contribution in [0.4, 0.5) is 0 Å². The van der Waals surface area contributed by atoms with E-state index in [9.17, 15) is 13.2 Å². The minimum atomic E-state index is -3.20. The number of hydrogen-bond acceptors (Lipinski definition) is 3. The summed E-state index contributed by atoms with van der Waals surface area (Å²) in [5.41, 5.74) is 0.219. The van der Waals surface area contributed by atoms with Gasteiger partial charge in [0, 0.05) is 5.41 Å². The molecule has 5 heteroatoms. The molecule has 0 radical (unpaired) electrons. The largest absolute Gasteiger partial charge is 0.349 e. The lowest BCUT2D eigenvalue weighted by molar-refractivity contribution is -0.129. The van der Waals surface area contributed by atoms with Crippen molar-refractivity contribution in [2.45, 2.75) is 38.1 Å². The molecule has 1 aliphatic rings. The monoisotopic (exact) mass is 281 g/mol. The number of amides is 1. The van der Waals surface area contributed by atoms with Crippen molar-refractivity contribution in [1.82, 2.24) is 5.32 Å². The number of carbonyl (C=O) groups excluding carboxylic acids is 1. The average Bonchev–Trinajstić information content (AvgIpc) is 2.32. The smallest absolute Gasteiger partial charge is 0.225 e. The van der Waals surface area contributed by atoms with Crippen molar-refractivity contribution in [3.05, 3.63) is 29.8 Å². The molecule has 0 fully saturated rings. The van der Waals surface area contributed by atoms with E-state index in [4.69, 9.17) is 0 Å². The zero-order chi connectivity index (χ0) is 14.3. The highest BCUT2D eigenvalue weighted by molar-refractivity contribution is 7.91. The second-order valence-electron chi connectivity index (χ2n) is 5.92. The molecule has 1 heterocycles. The first kappa shape index (κ1) is 14.1. The highest BCUT2D eigenvalue weighted by Gasteiger charge is 2.32. The van der Waals surface area contributed by atoms with Gasteiger partial charge in [-0.2, -0.15) is 0 Å². The standard InChI is InChI=1S/C14H19NO3S/c1-14(2,3)13(16)15-11-8-9-19(17,18)12-7-5-4-6-10(11)12/h4-7,11H,8-9H2,1-3H3,(H,15,16)/t11-/m1/s1. The van der Waals surface area contributed by atoms with Crippen LogP contribution < -0.4 is 5.32 Å². The van der Waals surface area contributed by atoms with Gasteiger partial charge in [0.1, 0.15) is 0 Å². The molecule has 1 aromatic rings. The first-order valence-electron chi connectivity index (χ1n) is 6.34. The molecule has 1 aliphatic heterocycles. The minimum absolute atomic E-state index is 0.0633. The van der Waals surface area contributed by atoms with Crippen LogP contribution in [0.25, 0.3) is 0 Å². The fraction of sp³-hybridized carbons (Fsp3) is 0.500. The van der Waals surface area contributed by atoms with Gasteiger partial charge in [0.2, 0.25) is 5.91 Å². The van der Waals surface area contributed by atoms with Crippen molar-refractivity contribution in [1.29, 1.82) is 0 Å². The van der Waals surface area contributed by atoms with E-state index < -0.39 is 15.3 Å². The van der Waals surface area contributed by atoms with E-state index >= 15 is 0 Å². The van der Waals surface area contributed by atoms with E-state index in [0.29, 0.717) is 16.9 Å². The quantitative estimate of drug-likeness (QED) is 0.857. The van der Waals surface area contributed by atoms with Gasteiger partial charge in [0.05, 0.1) is 16.7 Å². The van der Waals surface area contributed by atoms with E-state index in [1.165, 1.54) is 0 Å². The Bertz CT molecular complexity index is 599. The maximum atomic E-state index is 12.0. The van der Waals surface area contributed by atoms with Gasteiger partial charge in [-0.15, -0.1) is 0 Å². The lowest BCUT2D eigenvalue weighted by atomic mass is 9.94. The molecule has 0 aliphatic carbocycles. The first-order valence-corrected chi connectivity index (χ1v) is 8.00. The number of rotatable bonds is 1. The van der Waals surface area contributed by atoms with Gasteiger partial charge in [-0.25, -0.2) is 8.42 Å². The van der Waals surface area contributed by atoms with Crippen LogP contribution in [-0.2, 0) is 14.6 Å². The molecule has 1 atom stereocenters. The van der Waals surface area contributed by atoms with Crippen LogP contribution in [0, 0.1) is 5.41 Å². The third-order valence-electron chi connectivity index (χ3n) is 3.29. The molecule has 19 heavy (non-hydrogen) atoms. The summed E-state index contributed by atoms with van der Waals surface area (Å²) in [5, 5.41) is 2.95. The first-order chi connectivity index (χ1) is 8.72. The van der Waals surface area contributed by atoms with Gasteiger partial charge in [-0.05, 0) is 18.1 Å². The highest BCUT2D eigenvalue weighted by atomic mass is 32.2. The van der Waals surface area contributed by atoms with Gasteiger partial charge in [-0.3, -0.25) is 4.79 Å².